The molecule has 0 fully saturated rings. The van der Waals surface area contributed by atoms with Gasteiger partial charge < -0.3 is 15.6 Å². The van der Waals surface area contributed by atoms with Gasteiger partial charge in [0.2, 0.25) is 0 Å². The first kappa shape index (κ1) is 31.1. The summed E-state index contributed by atoms with van der Waals surface area (Å²) in [6.45, 7) is 5.07. The van der Waals surface area contributed by atoms with Crippen LogP contribution in [0.3, 0.4) is 0 Å². The second-order valence-corrected chi connectivity index (χ2v) is 11.0. The Hall–Kier alpha value is -3.80. The number of hydrogen-bond donors (Lipinski definition) is 0. The molecule has 0 aliphatic carbocycles. The van der Waals surface area contributed by atoms with Crippen molar-refractivity contribution in [1.29, 1.82) is 0 Å². The zero-order valence-corrected chi connectivity index (χ0v) is 25.3. The number of ether oxygens (including phenoxy) is 3. The van der Waals surface area contributed by atoms with Crippen LogP contribution in [-0.2, 0) is 19.8 Å². The fourth-order valence-electron chi connectivity index (χ4n) is 4.56. The smallest absolute Gasteiger partial charge is 1.00 e. The minimum Gasteiger partial charge on any atom is -1.00 e. The third kappa shape index (κ3) is 8.37. The van der Waals surface area contributed by atoms with Crippen molar-refractivity contribution in [3.63, 3.8) is 0 Å². The van der Waals surface area contributed by atoms with Crippen LogP contribution in [0.1, 0.15) is 39.6 Å². The summed E-state index contributed by atoms with van der Waals surface area (Å²) in [5, 5.41) is 0.733. The standard InChI is InChI=1S/C36H33O4P.Li.H/c1-26-13-12-14-27(2)34(26)36(37)41-35-32(39-24-29-17-8-4-9-18-29)21-31(38-23-28-15-6-3-7-16-28)22-33(35)40-25-30-19-10-5-11-20-30;;/h3-22,41H,23-25H2,1-2H3;;/q;+1;-1. The molecule has 5 aromatic rings. The summed E-state index contributed by atoms with van der Waals surface area (Å²) in [5.41, 5.74) is 5.84. The second kappa shape index (κ2) is 15.4. The van der Waals surface area contributed by atoms with Crippen molar-refractivity contribution in [2.75, 3.05) is 0 Å². The summed E-state index contributed by atoms with van der Waals surface area (Å²) in [6, 6.07) is 39.7. The first-order valence-corrected chi connectivity index (χ1v) is 14.6. The van der Waals surface area contributed by atoms with Crippen LogP contribution < -0.4 is 38.4 Å². The molecule has 0 aliphatic rings. The second-order valence-electron chi connectivity index (χ2n) is 9.84. The van der Waals surface area contributed by atoms with E-state index in [0.29, 0.717) is 37.1 Å². The normalized spacial score (nSPS) is 10.7. The molecule has 0 saturated heterocycles. The molecule has 208 valence electrons. The van der Waals surface area contributed by atoms with Crippen molar-refractivity contribution in [3.05, 3.63) is 155 Å². The Morgan fingerprint density at radius 3 is 1.43 bits per heavy atom. The molecule has 0 N–H and O–H groups in total. The number of benzene rings is 5. The van der Waals surface area contributed by atoms with Crippen molar-refractivity contribution in [3.8, 4) is 17.2 Å². The summed E-state index contributed by atoms with van der Waals surface area (Å²) in [5.74, 6) is 1.79. The SMILES string of the molecule is Cc1cccc(C)c1C(=O)Pc1c(OCc2ccccc2)cc(OCc2ccccc2)cc1OCc1ccccc1.[H-].[Li+]. The summed E-state index contributed by atoms with van der Waals surface area (Å²) in [7, 11) is -0.192. The molecular formula is C36H34LiO4P. The molecule has 5 rings (SSSR count). The summed E-state index contributed by atoms with van der Waals surface area (Å²) in [6.07, 6.45) is 0. The summed E-state index contributed by atoms with van der Waals surface area (Å²) >= 11 is 0. The van der Waals surface area contributed by atoms with Crippen molar-refractivity contribution < 1.29 is 39.3 Å². The largest absolute Gasteiger partial charge is 1.00 e. The van der Waals surface area contributed by atoms with Crippen LogP contribution in [-0.4, -0.2) is 5.52 Å². The monoisotopic (exact) mass is 568 g/mol. The minimum atomic E-state index is -0.192. The van der Waals surface area contributed by atoms with Gasteiger partial charge in [0.25, 0.3) is 0 Å². The maximum atomic E-state index is 13.8. The van der Waals surface area contributed by atoms with Gasteiger partial charge in [-0.2, -0.15) is 0 Å². The van der Waals surface area contributed by atoms with Crippen molar-refractivity contribution in [2.24, 2.45) is 0 Å². The minimum absolute atomic E-state index is 0. The van der Waals surface area contributed by atoms with E-state index in [1.165, 1.54) is 0 Å². The zero-order valence-electron chi connectivity index (χ0n) is 25.3. The van der Waals surface area contributed by atoms with Gasteiger partial charge in [-0.25, -0.2) is 0 Å². The van der Waals surface area contributed by atoms with E-state index in [4.69, 9.17) is 14.2 Å². The molecule has 4 nitrogen and oxygen atoms in total. The molecule has 0 aromatic heterocycles. The van der Waals surface area contributed by atoms with E-state index in [1.807, 2.05) is 135 Å². The first-order chi connectivity index (χ1) is 20.1. The molecule has 0 heterocycles. The van der Waals surface area contributed by atoms with Gasteiger partial charge in [-0.1, -0.05) is 109 Å². The molecule has 1 unspecified atom stereocenters. The topological polar surface area (TPSA) is 44.8 Å². The molecule has 0 amide bonds. The summed E-state index contributed by atoms with van der Waals surface area (Å²) in [4.78, 5) is 13.8. The average Bonchev–Trinajstić information content (AvgIpc) is 3.00. The van der Waals surface area contributed by atoms with Crippen molar-refractivity contribution in [1.82, 2.24) is 0 Å². The molecule has 0 radical (unpaired) electrons. The molecule has 42 heavy (non-hydrogen) atoms. The molecular weight excluding hydrogens is 534 g/mol. The Morgan fingerprint density at radius 2 is 1.00 bits per heavy atom. The van der Waals surface area contributed by atoms with Gasteiger partial charge in [-0.3, -0.25) is 4.79 Å². The van der Waals surface area contributed by atoms with Crippen LogP contribution in [0.2, 0.25) is 0 Å². The molecule has 6 heteroatoms. The third-order valence-corrected chi connectivity index (χ3v) is 7.93. The van der Waals surface area contributed by atoms with E-state index < -0.39 is 0 Å². The van der Waals surface area contributed by atoms with Crippen LogP contribution in [0.5, 0.6) is 17.2 Å². The van der Waals surface area contributed by atoms with Gasteiger partial charge in [-0.05, 0) is 50.2 Å². The average molecular weight is 569 g/mol. The first-order valence-electron chi connectivity index (χ1n) is 13.6. The van der Waals surface area contributed by atoms with E-state index >= 15 is 0 Å². The Kier molecular flexibility index (Phi) is 11.4. The van der Waals surface area contributed by atoms with Crippen LogP contribution >= 0.6 is 8.58 Å². The van der Waals surface area contributed by atoms with Gasteiger partial charge in [0.1, 0.15) is 37.1 Å². The van der Waals surface area contributed by atoms with E-state index in [1.54, 1.807) is 0 Å². The predicted molar refractivity (Wildman–Crippen MR) is 168 cm³/mol. The fourth-order valence-corrected chi connectivity index (χ4v) is 5.84. The Morgan fingerprint density at radius 1 is 0.595 bits per heavy atom. The molecule has 0 aliphatic heterocycles. The Labute approximate surface area is 263 Å². The maximum absolute atomic E-state index is 13.8. The number of rotatable bonds is 12. The molecule has 5 aromatic carbocycles. The zero-order chi connectivity index (χ0) is 28.4. The van der Waals surface area contributed by atoms with E-state index in [-0.39, 0.29) is 34.4 Å². The fraction of sp³-hybridized carbons (Fsp3) is 0.139. The third-order valence-electron chi connectivity index (χ3n) is 6.71. The molecule has 0 bridgehead atoms. The van der Waals surface area contributed by atoms with Gasteiger partial charge in [0.15, 0.2) is 5.52 Å². The number of carbonyl (C=O) groups excluding carboxylic acids is 1. The van der Waals surface area contributed by atoms with E-state index in [0.717, 1.165) is 38.7 Å². The van der Waals surface area contributed by atoms with Gasteiger partial charge >= 0.3 is 18.9 Å². The van der Waals surface area contributed by atoms with E-state index in [2.05, 4.69) is 0 Å². The van der Waals surface area contributed by atoms with Crippen LogP contribution in [0.4, 0.5) is 0 Å². The summed E-state index contributed by atoms with van der Waals surface area (Å²) < 4.78 is 19.0. The molecule has 1 atom stereocenters. The van der Waals surface area contributed by atoms with Gasteiger partial charge in [-0.15, -0.1) is 0 Å². The van der Waals surface area contributed by atoms with Gasteiger partial charge in [0, 0.05) is 17.7 Å². The molecule has 0 saturated carbocycles. The predicted octanol–water partition coefficient (Wildman–Crippen LogP) is 5.30. The number of carbonyl (C=O) groups is 1. The Bertz CT molecular complexity index is 1510. The van der Waals surface area contributed by atoms with Crippen LogP contribution in [0.15, 0.2) is 121 Å². The van der Waals surface area contributed by atoms with Crippen molar-refractivity contribution in [2.45, 2.75) is 33.7 Å². The maximum Gasteiger partial charge on any atom is 1.00 e. The van der Waals surface area contributed by atoms with Gasteiger partial charge in [0.05, 0.1) is 5.30 Å². The van der Waals surface area contributed by atoms with Crippen LogP contribution in [0.25, 0.3) is 0 Å². The number of hydrogen-bond acceptors (Lipinski definition) is 4. The molecule has 0 spiro atoms. The van der Waals surface area contributed by atoms with Crippen LogP contribution in [0, 0.1) is 13.8 Å². The Balaban J connectivity index is 0.00000253. The number of aryl methyl sites for hydroxylation is 2. The van der Waals surface area contributed by atoms with E-state index in [9.17, 15) is 4.79 Å². The van der Waals surface area contributed by atoms with Crippen molar-refractivity contribution >= 4 is 19.4 Å². The quantitative estimate of drug-likeness (QED) is 0.151.